The summed E-state index contributed by atoms with van der Waals surface area (Å²) in [6.07, 6.45) is 3.92. The smallest absolute Gasteiger partial charge is 0.312 e. The molecule has 0 amide bonds. The van der Waals surface area contributed by atoms with Crippen LogP contribution in [-0.4, -0.2) is 18.8 Å². The highest BCUT2D eigenvalue weighted by Crippen LogP contribution is 1.91. The van der Waals surface area contributed by atoms with Crippen LogP contribution in [0.15, 0.2) is 50.3 Å². The van der Waals surface area contributed by atoms with Crippen LogP contribution in [0.4, 0.5) is 5.69 Å². The Morgan fingerprint density at radius 3 is 2.71 bits per heavy atom. The van der Waals surface area contributed by atoms with Gasteiger partial charge in [0.25, 0.3) is 11.1 Å². The fourth-order valence-corrected chi connectivity index (χ4v) is 1.66. The molecule has 0 spiro atoms. The van der Waals surface area contributed by atoms with E-state index in [1.165, 1.54) is 30.0 Å². The molecule has 9 nitrogen and oxygen atoms in total. The first-order valence-electron chi connectivity index (χ1n) is 5.95. The molecule has 0 aliphatic rings. The molecule has 2 N–H and O–H groups in total. The van der Waals surface area contributed by atoms with Gasteiger partial charge in [-0.3, -0.25) is 24.1 Å². The van der Waals surface area contributed by atoms with Crippen LogP contribution in [0.25, 0.3) is 0 Å². The molecule has 0 aromatic carbocycles. The first kappa shape index (κ1) is 14.3. The van der Waals surface area contributed by atoms with Gasteiger partial charge in [0.05, 0.1) is 0 Å². The van der Waals surface area contributed by atoms with Gasteiger partial charge in [0.1, 0.15) is 5.69 Å². The predicted molar refractivity (Wildman–Crippen MR) is 76.5 cm³/mol. The maximum atomic E-state index is 12.1. The molecule has 0 aliphatic heterocycles. The van der Waals surface area contributed by atoms with E-state index < -0.39 is 22.5 Å². The monoisotopic (exact) mass is 291 g/mol. The fourth-order valence-electron chi connectivity index (χ4n) is 1.66. The highest BCUT2D eigenvalue weighted by Gasteiger charge is 2.08. The molecule has 0 fully saturated rings. The van der Waals surface area contributed by atoms with Gasteiger partial charge in [-0.2, -0.15) is 4.68 Å². The number of nitrogens with zero attached hydrogens (tertiary/aromatic N) is 3. The summed E-state index contributed by atoms with van der Waals surface area (Å²) in [6, 6.07) is 1.17. The van der Waals surface area contributed by atoms with Gasteiger partial charge in [-0.15, -0.1) is 6.58 Å². The average molecular weight is 291 g/mol. The van der Waals surface area contributed by atoms with Crippen molar-refractivity contribution in [2.45, 2.75) is 6.54 Å². The van der Waals surface area contributed by atoms with Crippen molar-refractivity contribution < 1.29 is 0 Å². The standard InChI is InChI=1S/C12H13N5O4/c1-3-5-16-6-4-9(18)17(12(16)21)14-8-7-13-11(20)15(2)10(8)19/h3-4,6-7,14H,1,5H2,2H3,(H,13,20). The van der Waals surface area contributed by atoms with Crippen molar-refractivity contribution >= 4 is 5.69 Å². The maximum absolute atomic E-state index is 12.1. The molecule has 2 aromatic heterocycles. The van der Waals surface area contributed by atoms with Crippen LogP contribution in [0.2, 0.25) is 0 Å². The molecule has 0 aliphatic carbocycles. The van der Waals surface area contributed by atoms with Crippen molar-refractivity contribution in [2.24, 2.45) is 7.05 Å². The summed E-state index contributed by atoms with van der Waals surface area (Å²) in [5.74, 6) is 0. The zero-order chi connectivity index (χ0) is 15.6. The molecule has 2 heterocycles. The van der Waals surface area contributed by atoms with Gasteiger partial charge < -0.3 is 4.98 Å². The lowest BCUT2D eigenvalue weighted by Crippen LogP contribution is -2.44. The van der Waals surface area contributed by atoms with E-state index in [9.17, 15) is 19.2 Å². The Hall–Kier alpha value is -3.10. The summed E-state index contributed by atoms with van der Waals surface area (Å²) in [7, 11) is 1.27. The van der Waals surface area contributed by atoms with Gasteiger partial charge in [0.2, 0.25) is 0 Å². The van der Waals surface area contributed by atoms with Gasteiger partial charge in [0.15, 0.2) is 0 Å². The van der Waals surface area contributed by atoms with Crippen LogP contribution < -0.4 is 27.9 Å². The second-order valence-corrected chi connectivity index (χ2v) is 4.20. The van der Waals surface area contributed by atoms with Gasteiger partial charge in [-0.05, 0) is 0 Å². The lowest BCUT2D eigenvalue weighted by Gasteiger charge is -2.10. The third kappa shape index (κ3) is 2.61. The second-order valence-electron chi connectivity index (χ2n) is 4.20. The van der Waals surface area contributed by atoms with Gasteiger partial charge in [-0.1, -0.05) is 6.08 Å². The molecule has 110 valence electrons. The Morgan fingerprint density at radius 1 is 1.33 bits per heavy atom. The molecular weight excluding hydrogens is 278 g/mol. The summed E-state index contributed by atoms with van der Waals surface area (Å²) in [4.78, 5) is 49.3. The zero-order valence-electron chi connectivity index (χ0n) is 11.2. The molecule has 0 bridgehead atoms. The van der Waals surface area contributed by atoms with E-state index in [4.69, 9.17) is 0 Å². The maximum Gasteiger partial charge on any atom is 0.350 e. The first-order chi connectivity index (χ1) is 9.95. The number of allylic oxidation sites excluding steroid dienone is 1. The van der Waals surface area contributed by atoms with Crippen LogP contribution in [0.3, 0.4) is 0 Å². The van der Waals surface area contributed by atoms with Gasteiger partial charge in [0, 0.05) is 32.1 Å². The van der Waals surface area contributed by atoms with Crippen LogP contribution in [0, 0.1) is 0 Å². The molecule has 2 aromatic rings. The minimum atomic E-state index is -0.663. The molecule has 0 saturated heterocycles. The summed E-state index contributed by atoms with van der Waals surface area (Å²) in [5, 5.41) is 0. The molecule has 0 atom stereocenters. The topological polar surface area (TPSA) is 111 Å². The summed E-state index contributed by atoms with van der Waals surface area (Å²) in [5.41, 5.74) is -0.248. The Kier molecular flexibility index (Phi) is 3.74. The van der Waals surface area contributed by atoms with Crippen LogP contribution >= 0.6 is 0 Å². The van der Waals surface area contributed by atoms with E-state index in [0.29, 0.717) is 4.68 Å². The highest BCUT2D eigenvalue weighted by atomic mass is 16.2. The highest BCUT2D eigenvalue weighted by molar-refractivity contribution is 5.37. The minimum absolute atomic E-state index is 0.104. The van der Waals surface area contributed by atoms with E-state index in [0.717, 1.165) is 10.8 Å². The van der Waals surface area contributed by atoms with Crippen molar-refractivity contribution in [3.63, 3.8) is 0 Å². The third-order valence-corrected chi connectivity index (χ3v) is 2.79. The van der Waals surface area contributed by atoms with E-state index in [1.807, 2.05) is 0 Å². The van der Waals surface area contributed by atoms with Crippen LogP contribution in [0.1, 0.15) is 0 Å². The number of aromatic nitrogens is 4. The lowest BCUT2D eigenvalue weighted by molar-refractivity contribution is 0.665. The quantitative estimate of drug-likeness (QED) is 0.663. The summed E-state index contributed by atoms with van der Waals surface area (Å²) >= 11 is 0. The van der Waals surface area contributed by atoms with Crippen molar-refractivity contribution in [3.8, 4) is 0 Å². The number of hydrogen-bond acceptors (Lipinski definition) is 5. The molecule has 9 heteroatoms. The number of aromatic amines is 1. The Balaban J connectivity index is 2.57. The molecule has 0 saturated carbocycles. The van der Waals surface area contributed by atoms with E-state index in [2.05, 4.69) is 17.0 Å². The second kappa shape index (κ2) is 5.49. The Bertz CT molecular complexity index is 915. The Labute approximate surface area is 117 Å². The predicted octanol–water partition coefficient (Wildman–Crippen LogP) is -1.54. The van der Waals surface area contributed by atoms with Crippen molar-refractivity contribution in [1.82, 2.24) is 18.8 Å². The number of anilines is 1. The molecule has 0 radical (unpaired) electrons. The number of H-pyrrole nitrogens is 1. The lowest BCUT2D eigenvalue weighted by atomic mass is 10.5. The van der Waals surface area contributed by atoms with E-state index in [-0.39, 0.29) is 12.2 Å². The van der Waals surface area contributed by atoms with Gasteiger partial charge >= 0.3 is 11.4 Å². The average Bonchev–Trinajstić information content (AvgIpc) is 2.46. The Morgan fingerprint density at radius 2 is 2.05 bits per heavy atom. The van der Waals surface area contributed by atoms with E-state index >= 15 is 0 Å². The van der Waals surface area contributed by atoms with Crippen molar-refractivity contribution in [1.29, 1.82) is 0 Å². The molecule has 2 rings (SSSR count). The number of nitrogens with one attached hydrogen (secondary N) is 2. The largest absolute Gasteiger partial charge is 0.350 e. The first-order valence-corrected chi connectivity index (χ1v) is 5.95. The van der Waals surface area contributed by atoms with Crippen LogP contribution in [-0.2, 0) is 13.6 Å². The van der Waals surface area contributed by atoms with E-state index in [1.54, 1.807) is 0 Å². The zero-order valence-corrected chi connectivity index (χ0v) is 11.2. The van der Waals surface area contributed by atoms with Crippen molar-refractivity contribution in [3.05, 3.63) is 72.8 Å². The summed E-state index contributed by atoms with van der Waals surface area (Å²) < 4.78 is 2.73. The fraction of sp³-hybridized carbons (Fsp3) is 0.167. The van der Waals surface area contributed by atoms with Gasteiger partial charge in [-0.25, -0.2) is 9.59 Å². The third-order valence-electron chi connectivity index (χ3n) is 2.79. The molecular formula is C12H13N5O4. The normalized spacial score (nSPS) is 10.3. The minimum Gasteiger partial charge on any atom is -0.312 e. The van der Waals surface area contributed by atoms with Crippen molar-refractivity contribution in [2.75, 3.05) is 5.43 Å². The van der Waals surface area contributed by atoms with Crippen LogP contribution in [0.5, 0.6) is 0 Å². The number of rotatable bonds is 4. The number of hydrogen-bond donors (Lipinski definition) is 2. The summed E-state index contributed by atoms with van der Waals surface area (Å²) in [6.45, 7) is 3.72. The SMILES string of the molecule is C=CCn1ccc(=O)n(Nc2c[nH]c(=O)n(C)c2=O)c1=O. The molecule has 21 heavy (non-hydrogen) atoms. The molecule has 0 unspecified atom stereocenters.